The lowest BCUT2D eigenvalue weighted by Crippen LogP contribution is -2.07. The Labute approximate surface area is 177 Å². The van der Waals surface area contributed by atoms with E-state index in [0.29, 0.717) is 22.6 Å². The number of nitrogens with zero attached hydrogens (tertiary/aromatic N) is 6. The number of methoxy groups -OCH3 is 1. The summed E-state index contributed by atoms with van der Waals surface area (Å²) in [4.78, 5) is 16.4. The highest BCUT2D eigenvalue weighted by atomic mass is 19.3. The van der Waals surface area contributed by atoms with E-state index in [4.69, 9.17) is 4.74 Å². The Balaban J connectivity index is 1.69. The molecule has 0 fully saturated rings. The highest BCUT2D eigenvalue weighted by Crippen LogP contribution is 2.29. The maximum atomic E-state index is 13.7. The fourth-order valence-corrected chi connectivity index (χ4v) is 3.67. The van der Waals surface area contributed by atoms with Gasteiger partial charge in [-0.3, -0.25) is 0 Å². The molecule has 5 aromatic rings. The van der Waals surface area contributed by atoms with E-state index in [0.717, 1.165) is 18.2 Å². The molecular weight excluding hydrogens is 428 g/mol. The van der Waals surface area contributed by atoms with Crippen molar-refractivity contribution in [3.63, 3.8) is 0 Å². The standard InChI is InChI=1S/C21H14F4N6O/c1-32-21-17-15(27-10-28-21)2-3-30(17)14-7-16-19(26-8-14)29-20(18(24)25)31(16)9-11-4-12(22)6-13(23)5-11/h2-8,10,18H,9H2,1H3. The lowest BCUT2D eigenvalue weighted by atomic mass is 10.2. The number of pyridine rings is 1. The molecule has 0 bridgehead atoms. The number of fused-ring (bicyclic) bond motifs is 2. The maximum absolute atomic E-state index is 13.7. The van der Waals surface area contributed by atoms with E-state index in [9.17, 15) is 17.6 Å². The van der Waals surface area contributed by atoms with Crippen molar-refractivity contribution in [1.29, 1.82) is 0 Å². The highest BCUT2D eigenvalue weighted by molar-refractivity contribution is 5.83. The molecular formula is C21H14F4N6O. The molecule has 0 saturated carbocycles. The van der Waals surface area contributed by atoms with Crippen molar-refractivity contribution in [3.8, 4) is 11.6 Å². The van der Waals surface area contributed by atoms with Gasteiger partial charge < -0.3 is 13.9 Å². The molecule has 0 unspecified atom stereocenters. The van der Waals surface area contributed by atoms with Gasteiger partial charge in [-0.1, -0.05) is 0 Å². The minimum absolute atomic E-state index is 0.0839. The number of halogens is 4. The fourth-order valence-electron chi connectivity index (χ4n) is 3.67. The summed E-state index contributed by atoms with van der Waals surface area (Å²) in [5.41, 5.74) is 2.25. The molecule has 1 aromatic carbocycles. The minimum atomic E-state index is -2.91. The third-order valence-corrected chi connectivity index (χ3v) is 4.99. The lowest BCUT2D eigenvalue weighted by Gasteiger charge is -2.11. The van der Waals surface area contributed by atoms with Crippen LogP contribution < -0.4 is 4.74 Å². The van der Waals surface area contributed by atoms with Crippen LogP contribution in [0.25, 0.3) is 27.9 Å². The summed E-state index contributed by atoms with van der Waals surface area (Å²) in [7, 11) is 1.47. The number of rotatable bonds is 5. The number of alkyl halides is 2. The lowest BCUT2D eigenvalue weighted by molar-refractivity contribution is 0.136. The zero-order chi connectivity index (χ0) is 22.4. The number of benzene rings is 1. The van der Waals surface area contributed by atoms with Crippen LogP contribution in [0.4, 0.5) is 17.6 Å². The number of aromatic nitrogens is 6. The molecule has 0 aliphatic heterocycles. The summed E-state index contributed by atoms with van der Waals surface area (Å²) >= 11 is 0. The van der Waals surface area contributed by atoms with Crippen LogP contribution in [0.3, 0.4) is 0 Å². The largest absolute Gasteiger partial charge is 0.479 e. The van der Waals surface area contributed by atoms with Crippen molar-refractivity contribution >= 4 is 22.2 Å². The Bertz CT molecular complexity index is 1440. The normalized spacial score (nSPS) is 11.7. The third-order valence-electron chi connectivity index (χ3n) is 4.99. The summed E-state index contributed by atoms with van der Waals surface area (Å²) < 4.78 is 62.9. The second kappa shape index (κ2) is 7.59. The number of imidazole rings is 1. The first-order chi connectivity index (χ1) is 15.4. The van der Waals surface area contributed by atoms with Gasteiger partial charge in [0.15, 0.2) is 11.5 Å². The Hall–Kier alpha value is -4.02. The third kappa shape index (κ3) is 3.31. The van der Waals surface area contributed by atoms with E-state index in [2.05, 4.69) is 19.9 Å². The second-order valence-electron chi connectivity index (χ2n) is 6.97. The van der Waals surface area contributed by atoms with E-state index in [1.165, 1.54) is 24.2 Å². The van der Waals surface area contributed by atoms with Crippen molar-refractivity contribution in [2.45, 2.75) is 13.0 Å². The first-order valence-corrected chi connectivity index (χ1v) is 9.40. The van der Waals surface area contributed by atoms with Crippen LogP contribution in [0, 0.1) is 11.6 Å². The number of ether oxygens (including phenoxy) is 1. The van der Waals surface area contributed by atoms with E-state index >= 15 is 0 Å². The van der Waals surface area contributed by atoms with Gasteiger partial charge in [0.2, 0.25) is 5.88 Å². The predicted molar refractivity (Wildman–Crippen MR) is 107 cm³/mol. The van der Waals surface area contributed by atoms with Crippen LogP contribution in [0.15, 0.2) is 49.1 Å². The molecule has 0 amide bonds. The summed E-state index contributed by atoms with van der Waals surface area (Å²) in [6.45, 7) is -0.213. The zero-order valence-corrected chi connectivity index (χ0v) is 16.5. The van der Waals surface area contributed by atoms with Crippen molar-refractivity contribution in [2.75, 3.05) is 7.11 Å². The number of hydrogen-bond acceptors (Lipinski definition) is 5. The molecule has 7 nitrogen and oxygen atoms in total. The maximum Gasteiger partial charge on any atom is 0.295 e. The molecule has 0 spiro atoms. The molecule has 5 rings (SSSR count). The summed E-state index contributed by atoms with van der Waals surface area (Å²) in [5, 5.41) is 0. The first kappa shape index (κ1) is 19.9. The molecule has 162 valence electrons. The Morgan fingerprint density at radius 2 is 1.81 bits per heavy atom. The van der Waals surface area contributed by atoms with Gasteiger partial charge in [-0.25, -0.2) is 32.5 Å². The van der Waals surface area contributed by atoms with Crippen LogP contribution in [-0.2, 0) is 6.54 Å². The van der Waals surface area contributed by atoms with Crippen molar-refractivity contribution in [2.24, 2.45) is 0 Å². The molecule has 4 heterocycles. The van der Waals surface area contributed by atoms with Crippen LogP contribution in [-0.4, -0.2) is 36.2 Å². The minimum Gasteiger partial charge on any atom is -0.479 e. The van der Waals surface area contributed by atoms with Gasteiger partial charge in [0.05, 0.1) is 30.0 Å². The fraction of sp³-hybridized carbons (Fsp3) is 0.143. The van der Waals surface area contributed by atoms with Gasteiger partial charge in [-0.05, 0) is 29.8 Å². The average molecular weight is 442 g/mol. The predicted octanol–water partition coefficient (Wildman–Crippen LogP) is 4.44. The summed E-state index contributed by atoms with van der Waals surface area (Å²) in [6.07, 6.45) is 1.66. The van der Waals surface area contributed by atoms with Crippen LogP contribution in [0.2, 0.25) is 0 Å². The topological polar surface area (TPSA) is 70.7 Å². The highest BCUT2D eigenvalue weighted by Gasteiger charge is 2.21. The summed E-state index contributed by atoms with van der Waals surface area (Å²) in [6, 6.07) is 6.26. The monoisotopic (exact) mass is 442 g/mol. The van der Waals surface area contributed by atoms with Gasteiger partial charge >= 0.3 is 0 Å². The van der Waals surface area contributed by atoms with Crippen LogP contribution >= 0.6 is 0 Å². The van der Waals surface area contributed by atoms with Crippen LogP contribution in [0.1, 0.15) is 17.8 Å². The van der Waals surface area contributed by atoms with Gasteiger partial charge in [0, 0.05) is 18.8 Å². The zero-order valence-electron chi connectivity index (χ0n) is 16.5. The second-order valence-corrected chi connectivity index (χ2v) is 6.97. The van der Waals surface area contributed by atoms with E-state index in [1.807, 2.05) is 0 Å². The molecule has 0 N–H and O–H groups in total. The number of hydrogen-bond donors (Lipinski definition) is 0. The average Bonchev–Trinajstić information content (AvgIpc) is 3.34. The Kier molecular flexibility index (Phi) is 4.72. The molecule has 4 aromatic heterocycles. The molecule has 0 aliphatic carbocycles. The van der Waals surface area contributed by atoms with Crippen molar-refractivity contribution < 1.29 is 22.3 Å². The molecule has 0 radical (unpaired) electrons. The Morgan fingerprint density at radius 1 is 1.03 bits per heavy atom. The molecule has 0 saturated heterocycles. The quantitative estimate of drug-likeness (QED) is 0.377. The van der Waals surface area contributed by atoms with Crippen LogP contribution in [0.5, 0.6) is 5.88 Å². The SMILES string of the molecule is COc1ncnc2ccn(-c3cnc4nc(C(F)F)n(Cc5cc(F)cc(F)c5)c4c3)c12. The van der Waals surface area contributed by atoms with Gasteiger partial charge in [-0.2, -0.15) is 4.98 Å². The van der Waals surface area contributed by atoms with Gasteiger partial charge in [0.1, 0.15) is 23.5 Å². The van der Waals surface area contributed by atoms with Crippen molar-refractivity contribution in [1.82, 2.24) is 29.1 Å². The first-order valence-electron chi connectivity index (χ1n) is 9.40. The molecule has 32 heavy (non-hydrogen) atoms. The van der Waals surface area contributed by atoms with E-state index in [1.54, 1.807) is 22.9 Å². The summed E-state index contributed by atoms with van der Waals surface area (Å²) in [5.74, 6) is -1.81. The van der Waals surface area contributed by atoms with Crippen molar-refractivity contribution in [3.05, 3.63) is 72.1 Å². The molecule has 0 aliphatic rings. The van der Waals surface area contributed by atoms with Gasteiger partial charge in [-0.15, -0.1) is 0 Å². The van der Waals surface area contributed by atoms with E-state index in [-0.39, 0.29) is 23.3 Å². The Morgan fingerprint density at radius 3 is 2.53 bits per heavy atom. The van der Waals surface area contributed by atoms with Gasteiger partial charge in [0.25, 0.3) is 6.43 Å². The molecule has 0 atom stereocenters. The smallest absolute Gasteiger partial charge is 0.295 e. The van der Waals surface area contributed by atoms with E-state index < -0.39 is 23.9 Å². The molecule has 11 heteroatoms.